The third-order valence-electron chi connectivity index (χ3n) is 4.24. The molecule has 0 aliphatic rings. The minimum Gasteiger partial charge on any atom is -0.465 e. The van der Waals surface area contributed by atoms with Crippen LogP contribution in [0.25, 0.3) is 17.0 Å². The highest BCUT2D eigenvalue weighted by atomic mass is 16.3. The molecular weight excluding hydrogens is 344 g/mol. The third kappa shape index (κ3) is 4.67. The molecule has 2 N–H and O–H groups in total. The fraction of sp³-hybridized carbons (Fsp3) is 0.238. The van der Waals surface area contributed by atoms with E-state index in [-0.39, 0.29) is 30.8 Å². The number of fused-ring (bicyclic) bond motifs is 1. The lowest BCUT2D eigenvalue weighted by molar-refractivity contribution is -0.122. The zero-order chi connectivity index (χ0) is 19.2. The van der Waals surface area contributed by atoms with Crippen molar-refractivity contribution in [2.24, 2.45) is 0 Å². The van der Waals surface area contributed by atoms with Crippen LogP contribution in [-0.4, -0.2) is 18.4 Å². The molecule has 0 bridgehead atoms. The van der Waals surface area contributed by atoms with Crippen LogP contribution in [0.15, 0.2) is 57.6 Å². The molecule has 0 aliphatic carbocycles. The van der Waals surface area contributed by atoms with Gasteiger partial charge >= 0.3 is 0 Å². The molecule has 0 aliphatic heterocycles. The first kappa shape index (κ1) is 18.5. The Labute approximate surface area is 157 Å². The summed E-state index contributed by atoms with van der Waals surface area (Å²) in [6.45, 7) is 4.11. The molecule has 0 saturated carbocycles. The molecule has 3 aromatic rings. The second kappa shape index (κ2) is 8.40. The molecule has 1 aromatic carbocycles. The number of aryl methyl sites for hydroxylation is 1. The van der Waals surface area contributed by atoms with E-state index >= 15 is 0 Å². The predicted molar refractivity (Wildman–Crippen MR) is 103 cm³/mol. The molecule has 6 nitrogen and oxygen atoms in total. The van der Waals surface area contributed by atoms with E-state index in [2.05, 4.69) is 10.6 Å². The monoisotopic (exact) mass is 366 g/mol. The molecule has 0 saturated heterocycles. The SMILES string of the molecule is Cc1c(C(C)NC(=O)CCNC(=O)/C=C/c2ccco2)oc2ccccc12. The molecule has 0 fully saturated rings. The molecule has 3 rings (SSSR count). The highest BCUT2D eigenvalue weighted by molar-refractivity contribution is 5.91. The van der Waals surface area contributed by atoms with Gasteiger partial charge in [-0.15, -0.1) is 0 Å². The minimum atomic E-state index is -0.277. The van der Waals surface area contributed by atoms with Gasteiger partial charge in [-0.05, 0) is 38.1 Å². The second-order valence-electron chi connectivity index (χ2n) is 6.27. The Bertz CT molecular complexity index is 954. The van der Waals surface area contributed by atoms with E-state index in [0.717, 1.165) is 22.3 Å². The van der Waals surface area contributed by atoms with Crippen LogP contribution in [0.5, 0.6) is 0 Å². The minimum absolute atomic E-state index is 0.155. The predicted octanol–water partition coefficient (Wildman–Crippen LogP) is 3.73. The Morgan fingerprint density at radius 3 is 2.74 bits per heavy atom. The first-order valence-electron chi connectivity index (χ1n) is 8.81. The summed E-state index contributed by atoms with van der Waals surface area (Å²) in [4.78, 5) is 23.9. The highest BCUT2D eigenvalue weighted by Gasteiger charge is 2.18. The molecule has 6 heteroatoms. The maximum atomic E-state index is 12.1. The maximum Gasteiger partial charge on any atom is 0.244 e. The standard InChI is InChI=1S/C21H22N2O4/c1-14-17-7-3-4-8-18(17)27-21(14)15(2)23-20(25)11-12-22-19(24)10-9-16-6-5-13-26-16/h3-10,13,15H,11-12H2,1-2H3,(H,22,24)(H,23,25)/b10-9+. The Balaban J connectivity index is 1.47. The number of para-hydroxylation sites is 1. The zero-order valence-electron chi connectivity index (χ0n) is 15.3. The van der Waals surface area contributed by atoms with E-state index in [9.17, 15) is 9.59 Å². The van der Waals surface area contributed by atoms with Gasteiger partial charge in [0.1, 0.15) is 17.1 Å². The van der Waals surface area contributed by atoms with E-state index < -0.39 is 0 Å². The van der Waals surface area contributed by atoms with Crippen LogP contribution in [0.2, 0.25) is 0 Å². The number of hydrogen-bond acceptors (Lipinski definition) is 4. The summed E-state index contributed by atoms with van der Waals surface area (Å²) in [6, 6.07) is 11.0. The molecule has 27 heavy (non-hydrogen) atoms. The highest BCUT2D eigenvalue weighted by Crippen LogP contribution is 2.29. The molecular formula is C21H22N2O4. The second-order valence-corrected chi connectivity index (χ2v) is 6.27. The van der Waals surface area contributed by atoms with E-state index in [0.29, 0.717) is 5.76 Å². The molecule has 1 atom stereocenters. The Morgan fingerprint density at radius 1 is 1.19 bits per heavy atom. The number of nitrogens with one attached hydrogen (secondary N) is 2. The molecule has 0 spiro atoms. The number of hydrogen-bond donors (Lipinski definition) is 2. The summed E-state index contributed by atoms with van der Waals surface area (Å²) in [7, 11) is 0. The van der Waals surface area contributed by atoms with Crippen molar-refractivity contribution >= 4 is 28.9 Å². The molecule has 2 aromatic heterocycles. The Hall–Kier alpha value is -3.28. The van der Waals surface area contributed by atoms with Crippen molar-refractivity contribution in [1.29, 1.82) is 0 Å². The molecule has 0 radical (unpaired) electrons. The van der Waals surface area contributed by atoms with Gasteiger partial charge in [0.15, 0.2) is 0 Å². The van der Waals surface area contributed by atoms with Gasteiger partial charge in [-0.2, -0.15) is 0 Å². The van der Waals surface area contributed by atoms with Gasteiger partial charge in [-0.1, -0.05) is 18.2 Å². The van der Waals surface area contributed by atoms with Crippen LogP contribution in [0.3, 0.4) is 0 Å². The number of carbonyl (C=O) groups is 2. The van der Waals surface area contributed by atoms with Gasteiger partial charge in [0.25, 0.3) is 0 Å². The average Bonchev–Trinajstić information content (AvgIpc) is 3.28. The molecule has 2 amide bonds. The molecule has 140 valence electrons. The largest absolute Gasteiger partial charge is 0.465 e. The van der Waals surface area contributed by atoms with Gasteiger partial charge in [-0.25, -0.2) is 0 Å². The van der Waals surface area contributed by atoms with Gasteiger partial charge in [-0.3, -0.25) is 9.59 Å². The van der Waals surface area contributed by atoms with Gasteiger partial charge < -0.3 is 19.5 Å². The Morgan fingerprint density at radius 2 is 2.00 bits per heavy atom. The van der Waals surface area contributed by atoms with E-state index in [1.54, 1.807) is 18.2 Å². The number of rotatable bonds is 7. The number of furan rings is 2. The topological polar surface area (TPSA) is 84.5 Å². The summed E-state index contributed by atoms with van der Waals surface area (Å²) in [6.07, 6.45) is 4.66. The van der Waals surface area contributed by atoms with Crippen molar-refractivity contribution in [3.8, 4) is 0 Å². The summed E-state index contributed by atoms with van der Waals surface area (Å²) in [5, 5.41) is 6.62. The molecule has 2 heterocycles. The fourth-order valence-corrected chi connectivity index (χ4v) is 2.89. The first-order valence-corrected chi connectivity index (χ1v) is 8.81. The summed E-state index contributed by atoms with van der Waals surface area (Å²) < 4.78 is 11.0. The van der Waals surface area contributed by atoms with Crippen LogP contribution in [0.1, 0.15) is 36.5 Å². The summed E-state index contributed by atoms with van der Waals surface area (Å²) in [5.74, 6) is 0.908. The van der Waals surface area contributed by atoms with Crippen molar-refractivity contribution in [2.75, 3.05) is 6.54 Å². The van der Waals surface area contributed by atoms with Crippen molar-refractivity contribution in [3.05, 3.63) is 65.8 Å². The smallest absolute Gasteiger partial charge is 0.244 e. The van der Waals surface area contributed by atoms with Crippen LogP contribution < -0.4 is 10.6 Å². The van der Waals surface area contributed by atoms with E-state index in [1.165, 1.54) is 12.3 Å². The van der Waals surface area contributed by atoms with Crippen molar-refractivity contribution in [1.82, 2.24) is 10.6 Å². The quantitative estimate of drug-likeness (QED) is 0.624. The van der Waals surface area contributed by atoms with Crippen molar-refractivity contribution in [3.63, 3.8) is 0 Å². The number of carbonyl (C=O) groups excluding carboxylic acids is 2. The van der Waals surface area contributed by atoms with Crippen LogP contribution in [-0.2, 0) is 9.59 Å². The maximum absolute atomic E-state index is 12.1. The van der Waals surface area contributed by atoms with Gasteiger partial charge in [0, 0.05) is 30.0 Å². The summed E-state index contributed by atoms with van der Waals surface area (Å²) >= 11 is 0. The van der Waals surface area contributed by atoms with Crippen molar-refractivity contribution < 1.29 is 18.4 Å². The first-order chi connectivity index (χ1) is 13.0. The van der Waals surface area contributed by atoms with Gasteiger partial charge in [0.05, 0.1) is 12.3 Å². The lowest BCUT2D eigenvalue weighted by atomic mass is 10.1. The fourth-order valence-electron chi connectivity index (χ4n) is 2.89. The van der Waals surface area contributed by atoms with E-state index in [4.69, 9.17) is 8.83 Å². The number of amides is 2. The average molecular weight is 366 g/mol. The van der Waals surface area contributed by atoms with Crippen LogP contribution in [0, 0.1) is 6.92 Å². The van der Waals surface area contributed by atoms with E-state index in [1.807, 2.05) is 38.1 Å². The lowest BCUT2D eigenvalue weighted by Crippen LogP contribution is -2.31. The number of benzene rings is 1. The normalized spacial score (nSPS) is 12.4. The zero-order valence-corrected chi connectivity index (χ0v) is 15.3. The lowest BCUT2D eigenvalue weighted by Gasteiger charge is -2.12. The van der Waals surface area contributed by atoms with Crippen molar-refractivity contribution in [2.45, 2.75) is 26.3 Å². The van der Waals surface area contributed by atoms with Gasteiger partial charge in [0.2, 0.25) is 11.8 Å². The van der Waals surface area contributed by atoms with Crippen LogP contribution >= 0.6 is 0 Å². The summed E-state index contributed by atoms with van der Waals surface area (Å²) in [5.41, 5.74) is 1.83. The third-order valence-corrected chi connectivity index (χ3v) is 4.24. The van der Waals surface area contributed by atoms with Crippen LogP contribution in [0.4, 0.5) is 0 Å². The molecule has 1 unspecified atom stereocenters. The Kier molecular flexibility index (Phi) is 5.76.